The van der Waals surface area contributed by atoms with Gasteiger partial charge in [0.1, 0.15) is 6.33 Å². The summed E-state index contributed by atoms with van der Waals surface area (Å²) in [6.07, 6.45) is 3.11. The van der Waals surface area contributed by atoms with E-state index in [1.54, 1.807) is 30.6 Å². The molecule has 2 heterocycles. The molecule has 8 heteroatoms. The van der Waals surface area contributed by atoms with E-state index in [1.807, 2.05) is 18.2 Å². The van der Waals surface area contributed by atoms with Gasteiger partial charge >= 0.3 is 0 Å². The number of tetrazole rings is 1. The molecule has 0 spiro atoms. The topological polar surface area (TPSA) is 101 Å². The third-order valence-electron chi connectivity index (χ3n) is 3.42. The number of benzene rings is 2. The molecule has 0 fully saturated rings. The first kappa shape index (κ1) is 13.1. The highest BCUT2D eigenvalue weighted by molar-refractivity contribution is 6.05. The highest BCUT2D eigenvalue weighted by Gasteiger charge is 2.08. The van der Waals surface area contributed by atoms with E-state index >= 15 is 0 Å². The van der Waals surface area contributed by atoms with E-state index in [2.05, 4.69) is 30.8 Å². The summed E-state index contributed by atoms with van der Waals surface area (Å²) in [5.74, 6) is -0.188. The van der Waals surface area contributed by atoms with Crippen molar-refractivity contribution in [3.8, 4) is 5.69 Å². The Balaban J connectivity index is 1.54. The molecule has 0 saturated carbocycles. The number of H-pyrrole nitrogens is 1. The lowest BCUT2D eigenvalue weighted by Gasteiger charge is -2.06. The zero-order valence-corrected chi connectivity index (χ0v) is 11.8. The van der Waals surface area contributed by atoms with E-state index in [4.69, 9.17) is 0 Å². The van der Waals surface area contributed by atoms with Crippen LogP contribution in [0.4, 0.5) is 5.69 Å². The van der Waals surface area contributed by atoms with Crippen molar-refractivity contribution in [2.45, 2.75) is 0 Å². The van der Waals surface area contributed by atoms with Gasteiger partial charge in [-0.2, -0.15) is 0 Å². The highest BCUT2D eigenvalue weighted by Crippen LogP contribution is 2.17. The van der Waals surface area contributed by atoms with Gasteiger partial charge < -0.3 is 10.3 Å². The fourth-order valence-corrected chi connectivity index (χ4v) is 2.26. The number of rotatable bonds is 3. The maximum Gasteiger partial charge on any atom is 0.255 e. The average Bonchev–Trinajstić information content (AvgIpc) is 3.26. The van der Waals surface area contributed by atoms with Crippen molar-refractivity contribution in [1.29, 1.82) is 0 Å². The first-order valence-corrected chi connectivity index (χ1v) is 6.87. The fourth-order valence-electron chi connectivity index (χ4n) is 2.26. The van der Waals surface area contributed by atoms with Gasteiger partial charge in [-0.25, -0.2) is 9.67 Å². The van der Waals surface area contributed by atoms with Crippen LogP contribution in [-0.4, -0.2) is 36.1 Å². The second-order valence-electron chi connectivity index (χ2n) is 4.89. The number of amides is 1. The lowest BCUT2D eigenvalue weighted by molar-refractivity contribution is 0.102. The van der Waals surface area contributed by atoms with Crippen LogP contribution in [0.25, 0.3) is 16.7 Å². The normalized spacial score (nSPS) is 10.8. The quantitative estimate of drug-likeness (QED) is 0.601. The Hall–Kier alpha value is -3.55. The molecule has 4 aromatic rings. The van der Waals surface area contributed by atoms with E-state index in [1.165, 1.54) is 11.0 Å². The van der Waals surface area contributed by atoms with Crippen molar-refractivity contribution < 1.29 is 4.79 Å². The van der Waals surface area contributed by atoms with E-state index in [9.17, 15) is 4.79 Å². The van der Waals surface area contributed by atoms with Crippen LogP contribution in [0.1, 0.15) is 10.4 Å². The molecular formula is C15H11N7O. The number of anilines is 1. The molecule has 0 aliphatic rings. The summed E-state index contributed by atoms with van der Waals surface area (Å²) >= 11 is 0. The maximum absolute atomic E-state index is 12.3. The van der Waals surface area contributed by atoms with Crippen molar-refractivity contribution in [3.05, 3.63) is 60.7 Å². The number of aromatic nitrogens is 6. The minimum absolute atomic E-state index is 0.188. The number of carbonyl (C=O) groups is 1. The number of nitrogens with one attached hydrogen (secondary N) is 2. The number of imidazole rings is 1. The fraction of sp³-hybridized carbons (Fsp3) is 0. The summed E-state index contributed by atoms with van der Waals surface area (Å²) in [6, 6.07) is 12.5. The molecule has 23 heavy (non-hydrogen) atoms. The van der Waals surface area contributed by atoms with Gasteiger partial charge in [-0.05, 0) is 52.9 Å². The number of fused-ring (bicyclic) bond motifs is 1. The number of hydrogen-bond donors (Lipinski definition) is 2. The van der Waals surface area contributed by atoms with Gasteiger partial charge in [-0.15, -0.1) is 5.10 Å². The summed E-state index contributed by atoms with van der Waals surface area (Å²) in [4.78, 5) is 19.5. The monoisotopic (exact) mass is 305 g/mol. The maximum atomic E-state index is 12.3. The zero-order valence-electron chi connectivity index (χ0n) is 11.8. The SMILES string of the molecule is O=C(Nc1ccc2nc[nH]c2c1)c1ccc(-n2cnnn2)cc1. The smallest absolute Gasteiger partial charge is 0.255 e. The summed E-state index contributed by atoms with van der Waals surface area (Å²) < 4.78 is 1.52. The lowest BCUT2D eigenvalue weighted by Crippen LogP contribution is -2.11. The van der Waals surface area contributed by atoms with Gasteiger partial charge in [0.2, 0.25) is 0 Å². The highest BCUT2D eigenvalue weighted by atomic mass is 16.1. The minimum Gasteiger partial charge on any atom is -0.345 e. The molecule has 0 atom stereocenters. The molecule has 0 aliphatic heterocycles. The van der Waals surface area contributed by atoms with Crippen LogP contribution in [0.15, 0.2) is 55.1 Å². The van der Waals surface area contributed by atoms with E-state index < -0.39 is 0 Å². The Kier molecular flexibility index (Phi) is 3.05. The van der Waals surface area contributed by atoms with Crippen LogP contribution in [0, 0.1) is 0 Å². The molecule has 0 aliphatic carbocycles. The predicted molar refractivity (Wildman–Crippen MR) is 83.2 cm³/mol. The van der Waals surface area contributed by atoms with E-state index in [-0.39, 0.29) is 5.91 Å². The molecule has 112 valence electrons. The Labute approximate surface area is 130 Å². The number of nitrogens with zero attached hydrogens (tertiary/aromatic N) is 5. The van der Waals surface area contributed by atoms with Crippen LogP contribution in [0.2, 0.25) is 0 Å². The number of aromatic amines is 1. The third kappa shape index (κ3) is 2.53. The van der Waals surface area contributed by atoms with Gasteiger partial charge in [-0.3, -0.25) is 4.79 Å². The molecule has 1 amide bonds. The zero-order chi connectivity index (χ0) is 15.6. The van der Waals surface area contributed by atoms with Crippen LogP contribution >= 0.6 is 0 Å². The largest absolute Gasteiger partial charge is 0.345 e. The first-order valence-electron chi connectivity index (χ1n) is 6.87. The van der Waals surface area contributed by atoms with Crippen LogP contribution in [0.3, 0.4) is 0 Å². The number of hydrogen-bond acceptors (Lipinski definition) is 5. The molecule has 8 nitrogen and oxygen atoms in total. The van der Waals surface area contributed by atoms with Crippen molar-refractivity contribution in [2.75, 3.05) is 5.32 Å². The van der Waals surface area contributed by atoms with Crippen molar-refractivity contribution in [2.24, 2.45) is 0 Å². The molecule has 4 rings (SSSR count). The van der Waals surface area contributed by atoms with Crippen LogP contribution < -0.4 is 5.32 Å². The average molecular weight is 305 g/mol. The summed E-state index contributed by atoms with van der Waals surface area (Å²) in [5.41, 5.74) is 3.76. The van der Waals surface area contributed by atoms with Gasteiger partial charge in [0.15, 0.2) is 0 Å². The molecule has 0 bridgehead atoms. The molecule has 0 unspecified atom stereocenters. The Morgan fingerprint density at radius 2 is 2.00 bits per heavy atom. The molecule has 0 saturated heterocycles. The van der Waals surface area contributed by atoms with Gasteiger partial charge in [-0.1, -0.05) is 0 Å². The van der Waals surface area contributed by atoms with Crippen molar-refractivity contribution >= 4 is 22.6 Å². The Bertz CT molecular complexity index is 957. The number of carbonyl (C=O) groups excluding carboxylic acids is 1. The first-order chi connectivity index (χ1) is 11.3. The lowest BCUT2D eigenvalue weighted by atomic mass is 10.2. The Morgan fingerprint density at radius 1 is 1.13 bits per heavy atom. The third-order valence-corrected chi connectivity index (χ3v) is 3.42. The van der Waals surface area contributed by atoms with Gasteiger partial charge in [0.05, 0.1) is 23.0 Å². The van der Waals surface area contributed by atoms with Crippen molar-refractivity contribution in [1.82, 2.24) is 30.2 Å². The van der Waals surface area contributed by atoms with Gasteiger partial charge in [0, 0.05) is 11.3 Å². The predicted octanol–water partition coefficient (Wildman–Crippen LogP) is 1.79. The van der Waals surface area contributed by atoms with Crippen LogP contribution in [-0.2, 0) is 0 Å². The Morgan fingerprint density at radius 3 is 2.78 bits per heavy atom. The molecular weight excluding hydrogens is 294 g/mol. The summed E-state index contributed by atoms with van der Waals surface area (Å²) in [5, 5.41) is 13.8. The van der Waals surface area contributed by atoms with Crippen LogP contribution in [0.5, 0.6) is 0 Å². The standard InChI is InChI=1S/C15H11N7O/c23-15(19-11-3-6-13-14(7-11)17-8-16-13)10-1-4-12(5-2-10)22-9-18-20-21-22/h1-9H,(H,16,17)(H,19,23). The van der Waals surface area contributed by atoms with E-state index in [0.717, 1.165) is 16.7 Å². The van der Waals surface area contributed by atoms with Gasteiger partial charge in [0.25, 0.3) is 5.91 Å². The minimum atomic E-state index is -0.188. The molecule has 2 N–H and O–H groups in total. The second-order valence-corrected chi connectivity index (χ2v) is 4.89. The molecule has 2 aromatic heterocycles. The second kappa shape index (κ2) is 5.34. The van der Waals surface area contributed by atoms with E-state index in [0.29, 0.717) is 11.3 Å². The molecule has 0 radical (unpaired) electrons. The van der Waals surface area contributed by atoms with Crippen molar-refractivity contribution in [3.63, 3.8) is 0 Å². The summed E-state index contributed by atoms with van der Waals surface area (Å²) in [7, 11) is 0. The molecule has 2 aromatic carbocycles. The summed E-state index contributed by atoms with van der Waals surface area (Å²) in [6.45, 7) is 0.